The van der Waals surface area contributed by atoms with Crippen LogP contribution in [0.2, 0.25) is 0 Å². The van der Waals surface area contributed by atoms with Crippen molar-refractivity contribution in [1.82, 2.24) is 20.2 Å². The Morgan fingerprint density at radius 3 is 2.45 bits per heavy atom. The molecule has 22 heavy (non-hydrogen) atoms. The average molecular weight is 380 g/mol. The second kappa shape index (κ2) is 6.20. The Bertz CT molecular complexity index is 806. The van der Waals surface area contributed by atoms with Crippen LogP contribution in [0.3, 0.4) is 0 Å². The first-order valence-corrected chi connectivity index (χ1v) is 7.46. The van der Waals surface area contributed by atoms with Gasteiger partial charge in [0.05, 0.1) is 4.92 Å². The van der Waals surface area contributed by atoms with Crippen molar-refractivity contribution in [2.75, 3.05) is 0 Å². The third-order valence-corrected chi connectivity index (χ3v) is 3.76. The van der Waals surface area contributed by atoms with Crippen molar-refractivity contribution in [1.29, 1.82) is 0 Å². The van der Waals surface area contributed by atoms with Crippen molar-refractivity contribution in [2.45, 2.75) is 10.4 Å². The van der Waals surface area contributed by atoms with E-state index in [9.17, 15) is 10.1 Å². The van der Waals surface area contributed by atoms with Gasteiger partial charge in [-0.1, -0.05) is 15.9 Å². The predicted octanol–water partition coefficient (Wildman–Crippen LogP) is 3.35. The summed E-state index contributed by atoms with van der Waals surface area (Å²) in [5.41, 5.74) is 0.609. The lowest BCUT2D eigenvalue weighted by atomic mass is 10.2. The van der Waals surface area contributed by atoms with Crippen molar-refractivity contribution >= 4 is 33.4 Å². The van der Waals surface area contributed by atoms with Crippen LogP contribution >= 0.6 is 27.7 Å². The molecule has 0 unspecified atom stereocenters. The zero-order valence-corrected chi connectivity index (χ0v) is 13.1. The third-order valence-electron chi connectivity index (χ3n) is 2.50. The van der Waals surface area contributed by atoms with Crippen molar-refractivity contribution in [3.63, 3.8) is 0 Å². The molecular weight excluding hydrogens is 374 g/mol. The minimum atomic E-state index is -0.563. The number of benzene rings is 1. The van der Waals surface area contributed by atoms with Crippen LogP contribution in [0.4, 0.5) is 5.69 Å². The Morgan fingerprint density at radius 2 is 1.82 bits per heavy atom. The van der Waals surface area contributed by atoms with E-state index in [4.69, 9.17) is 4.42 Å². The van der Waals surface area contributed by atoms with Crippen LogP contribution in [0.1, 0.15) is 0 Å². The van der Waals surface area contributed by atoms with Gasteiger partial charge >= 0.3 is 5.69 Å². The Hall–Kier alpha value is -2.33. The second-order valence-corrected chi connectivity index (χ2v) is 5.80. The van der Waals surface area contributed by atoms with E-state index >= 15 is 0 Å². The lowest BCUT2D eigenvalue weighted by Gasteiger charge is -1.95. The van der Waals surface area contributed by atoms with E-state index in [0.29, 0.717) is 5.89 Å². The van der Waals surface area contributed by atoms with Crippen LogP contribution < -0.4 is 0 Å². The summed E-state index contributed by atoms with van der Waals surface area (Å²) in [6, 6.07) is 7.42. The van der Waals surface area contributed by atoms with Crippen molar-refractivity contribution < 1.29 is 9.34 Å². The van der Waals surface area contributed by atoms with Crippen molar-refractivity contribution in [3.8, 4) is 11.5 Å². The smallest absolute Gasteiger partial charge is 0.305 e. The number of hydrogen-bond acceptors (Lipinski definition) is 8. The molecule has 0 N–H and O–H groups in total. The predicted molar refractivity (Wildman–Crippen MR) is 80.2 cm³/mol. The summed E-state index contributed by atoms with van der Waals surface area (Å²) in [4.78, 5) is 17.7. The fourth-order valence-corrected chi connectivity index (χ4v) is 2.33. The highest BCUT2D eigenvalue weighted by Crippen LogP contribution is 2.27. The molecule has 2 aromatic heterocycles. The Labute approximate surface area is 136 Å². The van der Waals surface area contributed by atoms with Gasteiger partial charge in [-0.2, -0.15) is 0 Å². The second-order valence-electron chi connectivity index (χ2n) is 3.96. The molecule has 0 amide bonds. The minimum Gasteiger partial charge on any atom is -0.411 e. The van der Waals surface area contributed by atoms with Gasteiger partial charge in [0.2, 0.25) is 5.89 Å². The van der Waals surface area contributed by atoms with Gasteiger partial charge in [0.25, 0.3) is 5.22 Å². The van der Waals surface area contributed by atoms with E-state index in [1.165, 1.54) is 0 Å². The zero-order chi connectivity index (χ0) is 15.5. The number of nitro groups is 1. The van der Waals surface area contributed by atoms with Crippen LogP contribution in [0.25, 0.3) is 11.5 Å². The fourth-order valence-electron chi connectivity index (χ4n) is 1.49. The summed E-state index contributed by atoms with van der Waals surface area (Å²) in [6.07, 6.45) is 2.25. The molecule has 0 aliphatic rings. The summed E-state index contributed by atoms with van der Waals surface area (Å²) in [5.74, 6) is 0.372. The molecule has 0 saturated carbocycles. The molecule has 3 aromatic rings. The largest absolute Gasteiger partial charge is 0.411 e. The maximum absolute atomic E-state index is 10.5. The highest BCUT2D eigenvalue weighted by Gasteiger charge is 2.13. The molecule has 0 spiro atoms. The lowest BCUT2D eigenvalue weighted by Crippen LogP contribution is -1.92. The van der Waals surface area contributed by atoms with E-state index in [1.807, 2.05) is 24.3 Å². The molecule has 0 bridgehead atoms. The number of halogens is 1. The standard InChI is InChI=1S/C12H6BrN5O3S/c13-8-3-1-7(2-4-8)10-16-17-12(21-10)22-11-14-5-9(6-15-11)18(19)20/h1-6H. The molecule has 8 nitrogen and oxygen atoms in total. The van der Waals surface area contributed by atoms with Crippen molar-refractivity contribution in [2.24, 2.45) is 0 Å². The lowest BCUT2D eigenvalue weighted by molar-refractivity contribution is -0.385. The Morgan fingerprint density at radius 1 is 1.14 bits per heavy atom. The van der Waals surface area contributed by atoms with Gasteiger partial charge in [-0.15, -0.1) is 10.2 Å². The molecule has 3 rings (SSSR count). The maximum Gasteiger partial charge on any atom is 0.305 e. The normalized spacial score (nSPS) is 10.6. The topological polar surface area (TPSA) is 108 Å². The summed E-state index contributed by atoms with van der Waals surface area (Å²) < 4.78 is 6.45. The van der Waals surface area contributed by atoms with Gasteiger partial charge in [0, 0.05) is 21.8 Å². The van der Waals surface area contributed by atoms with E-state index in [-0.39, 0.29) is 16.1 Å². The van der Waals surface area contributed by atoms with Gasteiger partial charge in [0.15, 0.2) is 5.16 Å². The molecule has 0 radical (unpaired) electrons. The van der Waals surface area contributed by atoms with Crippen LogP contribution in [0, 0.1) is 10.1 Å². The van der Waals surface area contributed by atoms with E-state index < -0.39 is 4.92 Å². The van der Waals surface area contributed by atoms with Gasteiger partial charge in [-0.25, -0.2) is 9.97 Å². The van der Waals surface area contributed by atoms with E-state index in [1.54, 1.807) is 0 Å². The van der Waals surface area contributed by atoms with Gasteiger partial charge in [-0.05, 0) is 24.3 Å². The number of aromatic nitrogens is 4. The SMILES string of the molecule is O=[N+]([O-])c1cnc(Sc2nnc(-c3ccc(Br)cc3)o2)nc1. The summed E-state index contributed by atoms with van der Waals surface area (Å²) in [6.45, 7) is 0. The average Bonchev–Trinajstić information content (AvgIpc) is 2.97. The maximum atomic E-state index is 10.5. The highest BCUT2D eigenvalue weighted by molar-refractivity contribution is 9.10. The van der Waals surface area contributed by atoms with E-state index in [0.717, 1.165) is 34.2 Å². The number of rotatable bonds is 4. The monoisotopic (exact) mass is 379 g/mol. The van der Waals surface area contributed by atoms with Crippen LogP contribution in [-0.4, -0.2) is 25.1 Å². The molecule has 0 fully saturated rings. The highest BCUT2D eigenvalue weighted by atomic mass is 79.9. The Balaban J connectivity index is 1.76. The minimum absolute atomic E-state index is 0.176. The molecular formula is C12H6BrN5O3S. The first-order valence-electron chi connectivity index (χ1n) is 5.85. The van der Waals surface area contributed by atoms with Crippen LogP contribution in [-0.2, 0) is 0 Å². The first-order chi connectivity index (χ1) is 10.6. The third kappa shape index (κ3) is 3.28. The Kier molecular flexibility index (Phi) is 4.11. The zero-order valence-electron chi connectivity index (χ0n) is 10.7. The van der Waals surface area contributed by atoms with Gasteiger partial charge in [-0.3, -0.25) is 10.1 Å². The van der Waals surface area contributed by atoms with Crippen LogP contribution in [0.5, 0.6) is 0 Å². The fraction of sp³-hybridized carbons (Fsp3) is 0. The molecule has 0 aliphatic heterocycles. The molecule has 0 saturated heterocycles. The quantitative estimate of drug-likeness (QED) is 0.385. The van der Waals surface area contributed by atoms with Crippen LogP contribution in [0.15, 0.2) is 55.9 Å². The summed E-state index contributed by atoms with van der Waals surface area (Å²) >= 11 is 4.38. The number of nitrogens with zero attached hydrogens (tertiary/aromatic N) is 5. The molecule has 2 heterocycles. The first kappa shape index (κ1) is 14.6. The van der Waals surface area contributed by atoms with Gasteiger partial charge in [0.1, 0.15) is 12.4 Å². The molecule has 0 aliphatic carbocycles. The van der Waals surface area contributed by atoms with Crippen molar-refractivity contribution in [3.05, 3.63) is 51.2 Å². The molecule has 10 heteroatoms. The number of hydrogen-bond donors (Lipinski definition) is 0. The summed E-state index contributed by atoms with van der Waals surface area (Å²) in [5, 5.41) is 18.9. The molecule has 1 aromatic carbocycles. The summed E-state index contributed by atoms with van der Waals surface area (Å²) in [7, 11) is 0. The van der Waals surface area contributed by atoms with E-state index in [2.05, 4.69) is 36.1 Å². The molecule has 110 valence electrons. The van der Waals surface area contributed by atoms with Gasteiger partial charge < -0.3 is 4.42 Å². The molecule has 0 atom stereocenters.